The molecule has 0 radical (unpaired) electrons. The number of aromatic nitrogens is 3. The molecule has 2 fully saturated rings. The van der Waals surface area contributed by atoms with E-state index in [2.05, 4.69) is 19.8 Å². The van der Waals surface area contributed by atoms with Crippen LogP contribution in [0.25, 0.3) is 32.6 Å². The summed E-state index contributed by atoms with van der Waals surface area (Å²) in [6, 6.07) is 6.31. The standard InChI is InChI=1S/C28H34FN5O3/c29-19-5-6-20-22(17-19)23-21(7-10-30-26(23)35)25-24(20)31-27(32-25)34-14-8-28(36,9-15-34)18-37-16-4-13-33-11-2-1-3-12-33/h5-7,10,17,36H,1-4,8-9,11-16,18H2,(H,30,35)(H,31,32). The Morgan fingerprint density at radius 2 is 1.86 bits per heavy atom. The summed E-state index contributed by atoms with van der Waals surface area (Å²) >= 11 is 0. The maximum Gasteiger partial charge on any atom is 0.256 e. The van der Waals surface area contributed by atoms with Gasteiger partial charge < -0.3 is 29.6 Å². The van der Waals surface area contributed by atoms with E-state index in [4.69, 9.17) is 9.72 Å². The van der Waals surface area contributed by atoms with Gasteiger partial charge in [0.05, 0.1) is 28.6 Å². The number of aliphatic hydroxyl groups is 1. The number of benzene rings is 2. The fraction of sp³-hybridized carbons (Fsp3) is 0.500. The lowest BCUT2D eigenvalue weighted by atomic mass is 9.92. The molecule has 37 heavy (non-hydrogen) atoms. The van der Waals surface area contributed by atoms with Gasteiger partial charge in [-0.3, -0.25) is 4.79 Å². The number of rotatable bonds is 7. The second-order valence-corrected chi connectivity index (χ2v) is 10.6. The van der Waals surface area contributed by atoms with Crippen molar-refractivity contribution < 1.29 is 14.2 Å². The van der Waals surface area contributed by atoms with Crippen molar-refractivity contribution in [3.8, 4) is 0 Å². The number of nitrogens with zero attached hydrogens (tertiary/aromatic N) is 3. The summed E-state index contributed by atoms with van der Waals surface area (Å²) in [6.45, 7) is 5.76. The number of imidazole rings is 1. The largest absolute Gasteiger partial charge is 0.387 e. The number of likely N-dealkylation sites (tertiary alicyclic amines) is 1. The Bertz CT molecular complexity index is 1470. The zero-order valence-electron chi connectivity index (χ0n) is 21.1. The number of nitrogens with one attached hydrogen (secondary N) is 2. The van der Waals surface area contributed by atoms with Crippen LogP contribution < -0.4 is 10.5 Å². The molecule has 2 aromatic heterocycles. The number of aromatic amines is 2. The van der Waals surface area contributed by atoms with Gasteiger partial charge in [0.25, 0.3) is 5.56 Å². The molecule has 0 unspecified atom stereocenters. The van der Waals surface area contributed by atoms with Gasteiger partial charge in [0.1, 0.15) is 5.82 Å². The average Bonchev–Trinajstić information content (AvgIpc) is 3.35. The zero-order valence-corrected chi connectivity index (χ0v) is 21.1. The van der Waals surface area contributed by atoms with Crippen molar-refractivity contribution in [1.29, 1.82) is 0 Å². The van der Waals surface area contributed by atoms with E-state index in [-0.39, 0.29) is 11.4 Å². The molecule has 0 amide bonds. The summed E-state index contributed by atoms with van der Waals surface area (Å²) in [5, 5.41) is 13.5. The van der Waals surface area contributed by atoms with Crippen LogP contribution >= 0.6 is 0 Å². The van der Waals surface area contributed by atoms with Gasteiger partial charge >= 0.3 is 0 Å². The maximum absolute atomic E-state index is 14.1. The number of H-pyrrole nitrogens is 2. The topological polar surface area (TPSA) is 97.5 Å². The van der Waals surface area contributed by atoms with Crippen LogP contribution in [0.4, 0.5) is 10.3 Å². The van der Waals surface area contributed by atoms with Gasteiger partial charge in [0.15, 0.2) is 0 Å². The highest BCUT2D eigenvalue weighted by Crippen LogP contribution is 2.35. The number of hydrogen-bond acceptors (Lipinski definition) is 6. The molecule has 4 aromatic rings. The zero-order chi connectivity index (χ0) is 25.4. The number of anilines is 1. The van der Waals surface area contributed by atoms with Crippen molar-refractivity contribution in [1.82, 2.24) is 19.9 Å². The quantitative estimate of drug-likeness (QED) is 0.259. The molecule has 0 saturated carbocycles. The van der Waals surface area contributed by atoms with Crippen molar-refractivity contribution >= 4 is 38.5 Å². The molecule has 196 valence electrons. The molecule has 0 aliphatic carbocycles. The molecular weight excluding hydrogens is 473 g/mol. The monoisotopic (exact) mass is 507 g/mol. The van der Waals surface area contributed by atoms with Gasteiger partial charge in [-0.1, -0.05) is 6.42 Å². The second kappa shape index (κ2) is 10.0. The number of halogens is 1. The smallest absolute Gasteiger partial charge is 0.256 e. The van der Waals surface area contributed by atoms with E-state index in [0.29, 0.717) is 66.8 Å². The Kier molecular flexibility index (Phi) is 6.60. The van der Waals surface area contributed by atoms with Crippen LogP contribution in [0.1, 0.15) is 38.5 Å². The van der Waals surface area contributed by atoms with Gasteiger partial charge in [0, 0.05) is 48.6 Å². The molecule has 0 bridgehead atoms. The van der Waals surface area contributed by atoms with Crippen molar-refractivity contribution in [2.75, 3.05) is 50.8 Å². The summed E-state index contributed by atoms with van der Waals surface area (Å²) in [5.41, 5.74) is 0.366. The van der Waals surface area contributed by atoms with E-state index in [1.165, 1.54) is 44.5 Å². The van der Waals surface area contributed by atoms with E-state index >= 15 is 0 Å². The highest BCUT2D eigenvalue weighted by atomic mass is 19.1. The van der Waals surface area contributed by atoms with Gasteiger partial charge in [-0.15, -0.1) is 0 Å². The Morgan fingerprint density at radius 1 is 1.05 bits per heavy atom. The lowest BCUT2D eigenvalue weighted by Gasteiger charge is -2.37. The van der Waals surface area contributed by atoms with E-state index in [1.54, 1.807) is 12.3 Å². The molecule has 4 heterocycles. The van der Waals surface area contributed by atoms with Gasteiger partial charge in [0.2, 0.25) is 5.95 Å². The summed E-state index contributed by atoms with van der Waals surface area (Å²) in [4.78, 5) is 28.3. The maximum atomic E-state index is 14.1. The van der Waals surface area contributed by atoms with Crippen molar-refractivity contribution in [2.24, 2.45) is 0 Å². The predicted molar refractivity (Wildman–Crippen MR) is 144 cm³/mol. The second-order valence-electron chi connectivity index (χ2n) is 10.6. The van der Waals surface area contributed by atoms with Gasteiger partial charge in [-0.2, -0.15) is 0 Å². The minimum atomic E-state index is -0.835. The van der Waals surface area contributed by atoms with E-state index in [1.807, 2.05) is 6.07 Å². The molecular formula is C28H34FN5O3. The number of piperidine rings is 2. The molecule has 2 aromatic carbocycles. The molecule has 2 aliphatic heterocycles. The molecule has 3 N–H and O–H groups in total. The first-order valence-electron chi connectivity index (χ1n) is 13.4. The summed E-state index contributed by atoms with van der Waals surface area (Å²) in [5.74, 6) is 0.304. The third-order valence-corrected chi connectivity index (χ3v) is 8.00. The fourth-order valence-electron chi connectivity index (χ4n) is 5.90. The van der Waals surface area contributed by atoms with Crippen LogP contribution in [0.5, 0.6) is 0 Å². The van der Waals surface area contributed by atoms with Crippen LogP contribution in [-0.2, 0) is 4.74 Å². The van der Waals surface area contributed by atoms with Crippen LogP contribution in [0.3, 0.4) is 0 Å². The lowest BCUT2D eigenvalue weighted by Crippen LogP contribution is -2.47. The van der Waals surface area contributed by atoms with Crippen molar-refractivity contribution in [2.45, 2.75) is 44.1 Å². The van der Waals surface area contributed by atoms with Crippen LogP contribution in [-0.4, -0.2) is 76.5 Å². The number of ether oxygens (including phenoxy) is 1. The Morgan fingerprint density at radius 3 is 2.68 bits per heavy atom. The predicted octanol–water partition coefficient (Wildman–Crippen LogP) is 3.92. The summed E-state index contributed by atoms with van der Waals surface area (Å²) < 4.78 is 20.0. The highest BCUT2D eigenvalue weighted by Gasteiger charge is 2.33. The lowest BCUT2D eigenvalue weighted by molar-refractivity contribution is -0.0620. The Balaban J connectivity index is 1.15. The van der Waals surface area contributed by atoms with E-state index in [0.717, 1.165) is 23.9 Å². The SMILES string of the molecule is O=c1[nH]ccc2c3nc(N4CCC(O)(COCCCN5CCCCC5)CC4)[nH]c3c3ccc(F)cc3c12. The molecule has 0 atom stereocenters. The first-order chi connectivity index (χ1) is 18.0. The number of pyridine rings is 1. The van der Waals surface area contributed by atoms with Crippen molar-refractivity contribution in [3.63, 3.8) is 0 Å². The minimum Gasteiger partial charge on any atom is -0.387 e. The van der Waals surface area contributed by atoms with Crippen LogP contribution in [0.15, 0.2) is 35.3 Å². The average molecular weight is 508 g/mol. The number of fused-ring (bicyclic) bond motifs is 6. The molecule has 6 rings (SSSR count). The number of hydrogen-bond donors (Lipinski definition) is 3. The van der Waals surface area contributed by atoms with Crippen molar-refractivity contribution in [3.05, 3.63) is 46.6 Å². The summed E-state index contributed by atoms with van der Waals surface area (Å²) in [7, 11) is 0. The molecule has 2 aliphatic rings. The summed E-state index contributed by atoms with van der Waals surface area (Å²) in [6.07, 6.45) is 7.70. The van der Waals surface area contributed by atoms with E-state index in [9.17, 15) is 14.3 Å². The molecule has 0 spiro atoms. The first kappa shape index (κ1) is 24.3. The van der Waals surface area contributed by atoms with Crippen LogP contribution in [0.2, 0.25) is 0 Å². The third kappa shape index (κ3) is 4.83. The molecule has 8 nitrogen and oxygen atoms in total. The Hall–Kier alpha value is -3.01. The third-order valence-electron chi connectivity index (χ3n) is 8.00. The van der Waals surface area contributed by atoms with Gasteiger partial charge in [-0.25, -0.2) is 9.37 Å². The molecule has 2 saturated heterocycles. The molecule has 9 heteroatoms. The minimum absolute atomic E-state index is 0.265. The van der Waals surface area contributed by atoms with Gasteiger partial charge in [-0.05, 0) is 69.5 Å². The normalized spacial score (nSPS) is 18.8. The fourth-order valence-corrected chi connectivity index (χ4v) is 5.90. The Labute approximate surface area is 214 Å². The van der Waals surface area contributed by atoms with Crippen LogP contribution in [0, 0.1) is 5.82 Å². The highest BCUT2D eigenvalue weighted by molar-refractivity contribution is 6.23. The van der Waals surface area contributed by atoms with E-state index < -0.39 is 5.60 Å². The first-order valence-corrected chi connectivity index (χ1v) is 13.4.